The summed E-state index contributed by atoms with van der Waals surface area (Å²) < 4.78 is 15.1. The number of unbranched alkanes of at least 4 members (excludes halogenated alkanes) is 1. The van der Waals surface area contributed by atoms with Gasteiger partial charge in [0.2, 0.25) is 0 Å². The fourth-order valence-corrected chi connectivity index (χ4v) is 3.46. The number of hydrogen-bond acceptors (Lipinski definition) is 7. The smallest absolute Gasteiger partial charge is 0.306 e. The summed E-state index contributed by atoms with van der Waals surface area (Å²) in [5, 5.41) is 9.18. The summed E-state index contributed by atoms with van der Waals surface area (Å²) in [7, 11) is 1.31. The maximum atomic E-state index is 11.7. The Balaban J connectivity index is 0.000000726. The number of benzene rings is 3. The first kappa shape index (κ1) is 39.9. The van der Waals surface area contributed by atoms with E-state index in [4.69, 9.17) is 9.47 Å². The molecule has 0 saturated heterocycles. The van der Waals surface area contributed by atoms with E-state index in [0.717, 1.165) is 17.7 Å². The molecule has 0 aliphatic heterocycles. The van der Waals surface area contributed by atoms with Crippen molar-refractivity contribution >= 4 is 17.7 Å². The number of carbonyl (C=O) groups excluding carboxylic acids is 3. The topological polar surface area (TPSA) is 99.1 Å². The maximum Gasteiger partial charge on any atom is 0.306 e. The molecular formula is C37H52O7. The van der Waals surface area contributed by atoms with Gasteiger partial charge in [0.15, 0.2) is 0 Å². The molecule has 0 atom stereocenters. The lowest BCUT2D eigenvalue weighted by Gasteiger charge is -2.07. The minimum atomic E-state index is -0.329. The molecule has 7 nitrogen and oxygen atoms in total. The predicted octanol–water partition coefficient (Wildman–Crippen LogP) is 8.44. The van der Waals surface area contributed by atoms with Crippen molar-refractivity contribution in [3.8, 4) is 11.5 Å². The number of ketones is 1. The van der Waals surface area contributed by atoms with Gasteiger partial charge >= 0.3 is 11.9 Å². The molecule has 3 aromatic rings. The molecule has 0 aromatic heterocycles. The predicted molar refractivity (Wildman–Crippen MR) is 177 cm³/mol. The molecule has 0 bridgehead atoms. The third-order valence-electron chi connectivity index (χ3n) is 6.03. The highest BCUT2D eigenvalue weighted by molar-refractivity contribution is 5.80. The fraction of sp³-hybridized carbons (Fsp3) is 0.432. The van der Waals surface area contributed by atoms with E-state index < -0.39 is 0 Å². The van der Waals surface area contributed by atoms with Gasteiger partial charge in [0.25, 0.3) is 0 Å². The van der Waals surface area contributed by atoms with E-state index >= 15 is 0 Å². The number of aromatic hydroxyl groups is 1. The zero-order valence-electron chi connectivity index (χ0n) is 27.5. The number of hydrogen-bond donors (Lipinski definition) is 1. The lowest BCUT2D eigenvalue weighted by atomic mass is 10.1. The number of phenolic OH excluding ortho intramolecular Hbond substituents is 1. The van der Waals surface area contributed by atoms with Crippen LogP contribution in [0.5, 0.6) is 11.5 Å². The second-order valence-corrected chi connectivity index (χ2v) is 9.64. The fourth-order valence-electron chi connectivity index (χ4n) is 3.46. The van der Waals surface area contributed by atoms with Gasteiger partial charge in [-0.25, -0.2) is 0 Å². The summed E-state index contributed by atoms with van der Waals surface area (Å²) in [5.41, 5.74) is 3.59. The Morgan fingerprint density at radius 2 is 1.32 bits per heavy atom. The van der Waals surface area contributed by atoms with Gasteiger partial charge in [0.1, 0.15) is 23.9 Å². The van der Waals surface area contributed by atoms with Gasteiger partial charge in [-0.15, -0.1) is 0 Å². The second kappa shape index (κ2) is 26.5. The zero-order chi connectivity index (χ0) is 33.0. The van der Waals surface area contributed by atoms with Crippen LogP contribution >= 0.6 is 0 Å². The molecule has 0 aliphatic rings. The van der Waals surface area contributed by atoms with Gasteiger partial charge in [0, 0.05) is 12.8 Å². The normalized spacial score (nSPS) is 9.50. The van der Waals surface area contributed by atoms with Crippen molar-refractivity contribution < 1.29 is 33.7 Å². The lowest BCUT2D eigenvalue weighted by molar-refractivity contribution is -0.145. The standard InChI is InChI=1S/C19H22O4.C10H14.C6H10O3.C2H6/c1-2-15-7-11-18(12-8-15)22-13-3-4-19(21)23-14-16-5-9-17(20)10-6-16;1-2-3-7-10-8-5-4-6-9-10;1-5(7)3-4-6(8)9-2;1-2/h5-12,20H,2-4,13-14H2,1H3;4-6,8-9H,2-3,7H2,1H3;3-4H2,1-2H3;1-2H3. The van der Waals surface area contributed by atoms with Crippen molar-refractivity contribution in [2.24, 2.45) is 0 Å². The zero-order valence-corrected chi connectivity index (χ0v) is 27.5. The Morgan fingerprint density at radius 1 is 0.705 bits per heavy atom. The third kappa shape index (κ3) is 21.6. The lowest BCUT2D eigenvalue weighted by Crippen LogP contribution is -2.07. The van der Waals surface area contributed by atoms with Gasteiger partial charge in [-0.3, -0.25) is 9.59 Å². The molecule has 7 heteroatoms. The van der Waals surface area contributed by atoms with E-state index in [2.05, 4.69) is 48.9 Å². The molecule has 0 saturated carbocycles. The Bertz CT molecular complexity index is 1140. The maximum absolute atomic E-state index is 11.7. The summed E-state index contributed by atoms with van der Waals surface area (Å²) in [5.74, 6) is 0.456. The van der Waals surface area contributed by atoms with Crippen LogP contribution in [0.25, 0.3) is 0 Å². The highest BCUT2D eigenvalue weighted by Gasteiger charge is 2.04. The number of phenols is 1. The summed E-state index contributed by atoms with van der Waals surface area (Å²) in [4.78, 5) is 32.2. The summed E-state index contributed by atoms with van der Waals surface area (Å²) >= 11 is 0. The number of rotatable bonds is 14. The highest BCUT2D eigenvalue weighted by atomic mass is 16.5. The van der Waals surface area contributed by atoms with E-state index in [1.807, 2.05) is 38.1 Å². The van der Waals surface area contributed by atoms with Crippen molar-refractivity contribution in [1.29, 1.82) is 0 Å². The van der Waals surface area contributed by atoms with Gasteiger partial charge < -0.3 is 24.1 Å². The average molecular weight is 609 g/mol. The van der Waals surface area contributed by atoms with Crippen LogP contribution in [-0.4, -0.2) is 36.5 Å². The first-order valence-corrected chi connectivity index (χ1v) is 15.5. The van der Waals surface area contributed by atoms with Crippen molar-refractivity contribution in [2.45, 2.75) is 92.6 Å². The van der Waals surface area contributed by atoms with Crippen LogP contribution in [-0.2, 0) is 43.3 Å². The number of Topliss-reactive ketones (excluding diaryl/α,β-unsaturated/α-hetero) is 1. The summed E-state index contributed by atoms with van der Waals surface area (Å²) in [6, 6.07) is 25.2. The molecule has 1 N–H and O–H groups in total. The largest absolute Gasteiger partial charge is 0.508 e. The monoisotopic (exact) mass is 608 g/mol. The van der Waals surface area contributed by atoms with Crippen LogP contribution in [0.15, 0.2) is 78.9 Å². The molecule has 0 aliphatic carbocycles. The Morgan fingerprint density at radius 3 is 1.86 bits per heavy atom. The van der Waals surface area contributed by atoms with Crippen molar-refractivity contribution in [3.05, 3.63) is 95.6 Å². The molecule has 242 valence electrons. The molecule has 0 spiro atoms. The van der Waals surface area contributed by atoms with E-state index in [1.54, 1.807) is 24.3 Å². The Hall–Kier alpha value is -4.13. The Labute approximate surface area is 264 Å². The minimum Gasteiger partial charge on any atom is -0.508 e. The minimum absolute atomic E-state index is 0.0143. The molecule has 0 unspecified atom stereocenters. The SMILES string of the molecule is CC.CCCCc1ccccc1.CCc1ccc(OCCCC(=O)OCc2ccc(O)cc2)cc1.COC(=O)CCC(C)=O. The van der Waals surface area contributed by atoms with Crippen LogP contribution < -0.4 is 4.74 Å². The summed E-state index contributed by atoms with van der Waals surface area (Å²) in [6.07, 6.45) is 6.26. The number of aryl methyl sites for hydroxylation is 2. The number of ether oxygens (including phenoxy) is 3. The molecule has 0 radical (unpaired) electrons. The first-order chi connectivity index (χ1) is 21.3. The average Bonchev–Trinajstić information content (AvgIpc) is 3.06. The second-order valence-electron chi connectivity index (χ2n) is 9.64. The van der Waals surface area contributed by atoms with Crippen LogP contribution in [0.2, 0.25) is 0 Å². The molecular weight excluding hydrogens is 556 g/mol. The quantitative estimate of drug-likeness (QED) is 0.145. The molecule has 0 fully saturated rings. The van der Waals surface area contributed by atoms with E-state index in [9.17, 15) is 19.5 Å². The van der Waals surface area contributed by atoms with Crippen molar-refractivity contribution in [2.75, 3.05) is 13.7 Å². The number of methoxy groups -OCH3 is 1. The third-order valence-corrected chi connectivity index (χ3v) is 6.03. The number of esters is 2. The van der Waals surface area contributed by atoms with Gasteiger partial charge in [-0.2, -0.15) is 0 Å². The van der Waals surface area contributed by atoms with Gasteiger partial charge in [-0.1, -0.05) is 88.7 Å². The van der Waals surface area contributed by atoms with Crippen LogP contribution in [0.3, 0.4) is 0 Å². The van der Waals surface area contributed by atoms with Crippen LogP contribution in [0.1, 0.15) is 89.8 Å². The van der Waals surface area contributed by atoms with E-state index in [1.165, 1.54) is 44.4 Å². The first-order valence-electron chi connectivity index (χ1n) is 15.5. The van der Waals surface area contributed by atoms with Crippen molar-refractivity contribution in [1.82, 2.24) is 0 Å². The van der Waals surface area contributed by atoms with Gasteiger partial charge in [0.05, 0.1) is 20.1 Å². The molecule has 0 amide bonds. The van der Waals surface area contributed by atoms with Crippen molar-refractivity contribution in [3.63, 3.8) is 0 Å². The van der Waals surface area contributed by atoms with Crippen LogP contribution in [0.4, 0.5) is 0 Å². The number of carbonyl (C=O) groups is 3. The van der Waals surface area contributed by atoms with E-state index in [0.29, 0.717) is 19.4 Å². The molecule has 3 rings (SSSR count). The summed E-state index contributed by atoms with van der Waals surface area (Å²) in [6.45, 7) is 10.5. The Kier molecular flexibility index (Phi) is 24.0. The van der Waals surface area contributed by atoms with Gasteiger partial charge in [-0.05, 0) is 73.6 Å². The molecule has 3 aromatic carbocycles. The van der Waals surface area contributed by atoms with E-state index in [-0.39, 0.29) is 42.9 Å². The molecule has 44 heavy (non-hydrogen) atoms. The highest BCUT2D eigenvalue weighted by Crippen LogP contribution is 2.14. The van der Waals surface area contributed by atoms with Crippen LogP contribution in [0, 0.1) is 0 Å². The molecule has 0 heterocycles.